The third-order valence-electron chi connectivity index (χ3n) is 2.23. The molecule has 1 N–H and O–H groups in total. The molecule has 0 fully saturated rings. The van der Waals surface area contributed by atoms with Gasteiger partial charge in [0.25, 0.3) is 0 Å². The van der Waals surface area contributed by atoms with Crippen molar-refractivity contribution in [3.63, 3.8) is 0 Å². The van der Waals surface area contributed by atoms with E-state index in [4.69, 9.17) is 4.74 Å². The molecule has 0 aliphatic rings. The molecule has 1 atom stereocenters. The minimum absolute atomic E-state index is 0.0206. The van der Waals surface area contributed by atoms with Gasteiger partial charge in [0.15, 0.2) is 0 Å². The van der Waals surface area contributed by atoms with Crippen molar-refractivity contribution in [3.8, 4) is 0 Å². The van der Waals surface area contributed by atoms with Crippen LogP contribution in [0.1, 0.15) is 41.0 Å². The van der Waals surface area contributed by atoms with Crippen LogP contribution in [0.4, 0.5) is 0 Å². The van der Waals surface area contributed by atoms with Crippen molar-refractivity contribution < 1.29 is 4.74 Å². The van der Waals surface area contributed by atoms with Crippen LogP contribution in [0.2, 0.25) is 0 Å². The first-order valence-corrected chi connectivity index (χ1v) is 4.63. The molecule has 0 aromatic rings. The summed E-state index contributed by atoms with van der Waals surface area (Å²) in [4.78, 5) is 0. The van der Waals surface area contributed by atoms with Crippen LogP contribution in [0.25, 0.3) is 0 Å². The zero-order valence-electron chi connectivity index (χ0n) is 9.32. The predicted molar refractivity (Wildman–Crippen MR) is 53.5 cm³/mol. The van der Waals surface area contributed by atoms with Gasteiger partial charge < -0.3 is 10.1 Å². The molecular weight excluding hydrogens is 150 g/mol. The molecule has 0 rings (SSSR count). The third-order valence-corrected chi connectivity index (χ3v) is 2.23. The Balaban J connectivity index is 3.89. The Bertz CT molecular complexity index is 122. The molecule has 1 unspecified atom stereocenters. The monoisotopic (exact) mass is 173 g/mol. The van der Waals surface area contributed by atoms with Crippen molar-refractivity contribution >= 4 is 0 Å². The van der Waals surface area contributed by atoms with Gasteiger partial charge in [0.2, 0.25) is 0 Å². The van der Waals surface area contributed by atoms with Crippen LogP contribution in [-0.2, 0) is 4.74 Å². The molecule has 0 saturated carbocycles. The highest BCUT2D eigenvalue weighted by Crippen LogP contribution is 2.13. The number of nitrogens with one attached hydrogen (secondary N) is 1. The van der Waals surface area contributed by atoms with Gasteiger partial charge in [-0.2, -0.15) is 0 Å². The van der Waals surface area contributed by atoms with Crippen LogP contribution >= 0.6 is 0 Å². The first kappa shape index (κ1) is 11.9. The number of ether oxygens (including phenoxy) is 1. The molecule has 0 amide bonds. The van der Waals surface area contributed by atoms with Crippen LogP contribution in [0, 0.1) is 0 Å². The molecule has 0 aliphatic heterocycles. The van der Waals surface area contributed by atoms with E-state index in [-0.39, 0.29) is 11.1 Å². The van der Waals surface area contributed by atoms with Gasteiger partial charge in [0, 0.05) is 19.2 Å². The summed E-state index contributed by atoms with van der Waals surface area (Å²) in [6, 6.07) is 0. The minimum atomic E-state index is -0.0206. The summed E-state index contributed by atoms with van der Waals surface area (Å²) in [7, 11) is 1.77. The van der Waals surface area contributed by atoms with Gasteiger partial charge in [0.05, 0.1) is 5.60 Å². The van der Waals surface area contributed by atoms with Crippen molar-refractivity contribution in [3.05, 3.63) is 0 Å². The van der Waals surface area contributed by atoms with E-state index >= 15 is 0 Å². The zero-order chi connectivity index (χ0) is 9.83. The molecule has 0 aromatic heterocycles. The summed E-state index contributed by atoms with van der Waals surface area (Å²) in [5.74, 6) is 0. The maximum Gasteiger partial charge on any atom is 0.0772 e. The van der Waals surface area contributed by atoms with Crippen LogP contribution in [0.3, 0.4) is 0 Å². The largest absolute Gasteiger partial charge is 0.377 e. The van der Waals surface area contributed by atoms with Crippen molar-refractivity contribution in [2.45, 2.75) is 52.2 Å². The molecule has 0 radical (unpaired) electrons. The predicted octanol–water partition coefficient (Wildman–Crippen LogP) is 2.19. The maximum atomic E-state index is 5.42. The fourth-order valence-electron chi connectivity index (χ4n) is 0.794. The van der Waals surface area contributed by atoms with Gasteiger partial charge in [-0.1, -0.05) is 6.92 Å². The Kier molecular flexibility index (Phi) is 4.21. The molecule has 2 nitrogen and oxygen atoms in total. The third kappa shape index (κ3) is 4.73. The lowest BCUT2D eigenvalue weighted by Gasteiger charge is -2.31. The fraction of sp³-hybridized carbons (Fsp3) is 1.00. The van der Waals surface area contributed by atoms with Crippen molar-refractivity contribution in [1.29, 1.82) is 0 Å². The van der Waals surface area contributed by atoms with Crippen LogP contribution in [0.5, 0.6) is 0 Å². The SMILES string of the molecule is CCC(C)(CNC(C)(C)C)OC. The van der Waals surface area contributed by atoms with Gasteiger partial charge in [-0.15, -0.1) is 0 Å². The van der Waals surface area contributed by atoms with Gasteiger partial charge in [-0.25, -0.2) is 0 Å². The molecule has 0 saturated heterocycles. The highest BCUT2D eigenvalue weighted by molar-refractivity contribution is 4.80. The van der Waals surface area contributed by atoms with E-state index in [0.29, 0.717) is 0 Å². The summed E-state index contributed by atoms with van der Waals surface area (Å²) in [6.45, 7) is 11.7. The standard InChI is InChI=1S/C10H23NO/c1-7-10(5,12-6)8-11-9(2,3)4/h11H,7-8H2,1-6H3. The topological polar surface area (TPSA) is 21.3 Å². The molecule has 0 heterocycles. The maximum absolute atomic E-state index is 5.42. The normalized spacial score (nSPS) is 17.5. The Morgan fingerprint density at radius 3 is 1.92 bits per heavy atom. The van der Waals surface area contributed by atoms with E-state index in [1.54, 1.807) is 7.11 Å². The summed E-state index contributed by atoms with van der Waals surface area (Å²) in [5, 5.41) is 3.44. The average Bonchev–Trinajstić information content (AvgIpc) is 1.99. The summed E-state index contributed by atoms with van der Waals surface area (Å²) >= 11 is 0. The van der Waals surface area contributed by atoms with Gasteiger partial charge in [0.1, 0.15) is 0 Å². The lowest BCUT2D eigenvalue weighted by atomic mass is 10.0. The molecule has 74 valence electrons. The first-order chi connectivity index (χ1) is 5.33. The van der Waals surface area contributed by atoms with Crippen LogP contribution in [0.15, 0.2) is 0 Å². The van der Waals surface area contributed by atoms with Gasteiger partial charge in [-0.05, 0) is 34.1 Å². The highest BCUT2D eigenvalue weighted by atomic mass is 16.5. The lowest BCUT2D eigenvalue weighted by Crippen LogP contribution is -2.46. The smallest absolute Gasteiger partial charge is 0.0772 e. The summed E-state index contributed by atoms with van der Waals surface area (Å²) < 4.78 is 5.42. The van der Waals surface area contributed by atoms with E-state index in [9.17, 15) is 0 Å². The van der Waals surface area contributed by atoms with Crippen molar-refractivity contribution in [2.75, 3.05) is 13.7 Å². The van der Waals surface area contributed by atoms with Crippen LogP contribution in [-0.4, -0.2) is 24.8 Å². The van der Waals surface area contributed by atoms with E-state index in [1.807, 2.05) is 0 Å². The number of hydrogen-bond donors (Lipinski definition) is 1. The average molecular weight is 173 g/mol. The van der Waals surface area contributed by atoms with Gasteiger partial charge >= 0.3 is 0 Å². The van der Waals surface area contributed by atoms with E-state index in [2.05, 4.69) is 39.9 Å². The molecular formula is C10H23NO. The number of hydrogen-bond acceptors (Lipinski definition) is 2. The second-order valence-electron chi connectivity index (χ2n) is 4.61. The Labute approximate surface area is 76.7 Å². The molecule has 0 aromatic carbocycles. The Morgan fingerprint density at radius 2 is 1.67 bits per heavy atom. The van der Waals surface area contributed by atoms with E-state index in [1.165, 1.54) is 0 Å². The van der Waals surface area contributed by atoms with E-state index < -0.39 is 0 Å². The van der Waals surface area contributed by atoms with E-state index in [0.717, 1.165) is 13.0 Å². The molecule has 0 bridgehead atoms. The first-order valence-electron chi connectivity index (χ1n) is 4.63. The second kappa shape index (κ2) is 4.24. The number of rotatable bonds is 4. The second-order valence-corrected chi connectivity index (χ2v) is 4.61. The van der Waals surface area contributed by atoms with Crippen molar-refractivity contribution in [2.24, 2.45) is 0 Å². The fourth-order valence-corrected chi connectivity index (χ4v) is 0.794. The molecule has 12 heavy (non-hydrogen) atoms. The molecule has 0 aliphatic carbocycles. The Hall–Kier alpha value is -0.0800. The van der Waals surface area contributed by atoms with Crippen LogP contribution < -0.4 is 5.32 Å². The Morgan fingerprint density at radius 1 is 1.17 bits per heavy atom. The van der Waals surface area contributed by atoms with Gasteiger partial charge in [-0.3, -0.25) is 0 Å². The molecule has 2 heteroatoms. The van der Waals surface area contributed by atoms with Crippen molar-refractivity contribution in [1.82, 2.24) is 5.32 Å². The summed E-state index contributed by atoms with van der Waals surface area (Å²) in [5.41, 5.74) is 0.155. The summed E-state index contributed by atoms with van der Waals surface area (Å²) in [6.07, 6.45) is 1.03. The quantitative estimate of drug-likeness (QED) is 0.703. The minimum Gasteiger partial charge on any atom is -0.377 e. The number of methoxy groups -OCH3 is 1. The lowest BCUT2D eigenvalue weighted by molar-refractivity contribution is -0.000658. The zero-order valence-corrected chi connectivity index (χ0v) is 9.32. The highest BCUT2D eigenvalue weighted by Gasteiger charge is 2.23. The molecule has 0 spiro atoms.